The zero-order valence-electron chi connectivity index (χ0n) is 30.4. The molecule has 1 spiro atoms. The first-order valence-electron chi connectivity index (χ1n) is 19.3. The Hall–Kier alpha value is -4.46. The number of nitrogens with zero attached hydrogens (tertiary/aromatic N) is 3. The summed E-state index contributed by atoms with van der Waals surface area (Å²) in [5.41, 5.74) is 9.35. The molecule has 0 radical (unpaired) electrons. The molecule has 3 fully saturated rings. The van der Waals surface area contributed by atoms with E-state index in [2.05, 4.69) is 65.4 Å². The topological polar surface area (TPSA) is 104 Å². The summed E-state index contributed by atoms with van der Waals surface area (Å²) in [7, 11) is 0. The van der Waals surface area contributed by atoms with E-state index in [1.54, 1.807) is 0 Å². The van der Waals surface area contributed by atoms with Crippen molar-refractivity contribution in [3.63, 3.8) is 0 Å². The maximum Gasteiger partial charge on any atom is 0.410 e. The number of aromatic nitrogens is 4. The number of carbonyl (C=O) groups excluding carboxylic acids is 2. The van der Waals surface area contributed by atoms with Gasteiger partial charge in [0.1, 0.15) is 17.2 Å². The van der Waals surface area contributed by atoms with Gasteiger partial charge in [-0.3, -0.25) is 9.69 Å². The number of amides is 1. The lowest BCUT2D eigenvalue weighted by Gasteiger charge is -2.34. The van der Waals surface area contributed by atoms with Crippen molar-refractivity contribution in [2.75, 3.05) is 6.54 Å². The molecule has 2 N–H and O–H groups in total. The average Bonchev–Trinajstić information content (AvgIpc) is 3.94. The van der Waals surface area contributed by atoms with Crippen LogP contribution >= 0.6 is 0 Å². The quantitative estimate of drug-likeness (QED) is 0.196. The van der Waals surface area contributed by atoms with Gasteiger partial charge in [0, 0.05) is 23.4 Å². The molecule has 0 bridgehead atoms. The Morgan fingerprint density at radius 1 is 0.824 bits per heavy atom. The minimum absolute atomic E-state index is 0.146. The van der Waals surface area contributed by atoms with E-state index >= 15 is 0 Å². The second kappa shape index (κ2) is 12.1. The SMILES string of the molecule is CC1CCC2(CC1)Cc1c(-c3ccc4nc([C@@H]5CCCN5C(=O)OC(C)(C)C)[nH]c4c3)ccc(-c3ccc4nc(C5CCCC5)[nH]c4c3)c1C2=O. The van der Waals surface area contributed by atoms with Gasteiger partial charge in [-0.25, -0.2) is 14.8 Å². The van der Waals surface area contributed by atoms with Crippen LogP contribution in [0.1, 0.15) is 131 Å². The third-order valence-corrected chi connectivity index (χ3v) is 12.3. The summed E-state index contributed by atoms with van der Waals surface area (Å²) >= 11 is 0. The van der Waals surface area contributed by atoms with Crippen molar-refractivity contribution in [2.45, 2.75) is 116 Å². The fourth-order valence-electron chi connectivity index (χ4n) is 9.54. The van der Waals surface area contributed by atoms with Gasteiger partial charge in [0.15, 0.2) is 5.78 Å². The van der Waals surface area contributed by atoms with Crippen molar-refractivity contribution in [2.24, 2.45) is 11.3 Å². The lowest BCUT2D eigenvalue weighted by atomic mass is 9.68. The van der Waals surface area contributed by atoms with Crippen LogP contribution < -0.4 is 0 Å². The van der Waals surface area contributed by atoms with Crippen molar-refractivity contribution in [3.8, 4) is 22.3 Å². The summed E-state index contributed by atoms with van der Waals surface area (Å²) in [6, 6.07) is 17.1. The Labute approximate surface area is 299 Å². The normalized spacial score (nSPS) is 24.0. The predicted molar refractivity (Wildman–Crippen MR) is 201 cm³/mol. The van der Waals surface area contributed by atoms with E-state index in [9.17, 15) is 9.59 Å². The van der Waals surface area contributed by atoms with E-state index in [-0.39, 0.29) is 17.6 Å². The van der Waals surface area contributed by atoms with Gasteiger partial charge < -0.3 is 14.7 Å². The van der Waals surface area contributed by atoms with Crippen LogP contribution in [0.3, 0.4) is 0 Å². The molecule has 2 aromatic heterocycles. The molecule has 2 saturated carbocycles. The summed E-state index contributed by atoms with van der Waals surface area (Å²) in [5.74, 6) is 3.40. The standard InChI is InChI=1S/C43H49N5O3/c1-25-17-19-43(20-18-25)24-31-29(27-11-15-33-35(22-27)47-40(45-33)36-10-7-21-48(36)41(50)51-42(2,3)4)13-14-30(37(31)38(43)49)28-12-16-32-34(23-28)46-39(44-32)26-8-5-6-9-26/h11-16,22-23,25-26,36H,5-10,17-21,24H2,1-4H3,(H,44,46)(H,45,47)/t25?,36-,43?/m0/s1. The Morgan fingerprint density at radius 3 is 2.14 bits per heavy atom. The number of H-pyrrole nitrogens is 2. The highest BCUT2D eigenvalue weighted by Gasteiger charge is 2.48. The van der Waals surface area contributed by atoms with E-state index in [0.717, 1.165) is 106 Å². The van der Waals surface area contributed by atoms with Gasteiger partial charge in [0.25, 0.3) is 0 Å². The number of ether oxygens (including phenoxy) is 1. The van der Waals surface area contributed by atoms with Gasteiger partial charge >= 0.3 is 6.09 Å². The van der Waals surface area contributed by atoms with Gasteiger partial charge in [0.05, 0.1) is 28.1 Å². The number of nitrogens with one attached hydrogen (secondary N) is 2. The molecule has 3 aromatic carbocycles. The van der Waals surface area contributed by atoms with Crippen LogP contribution in [-0.2, 0) is 11.2 Å². The third kappa shape index (κ3) is 5.66. The highest BCUT2D eigenvalue weighted by molar-refractivity contribution is 6.12. The molecule has 1 saturated heterocycles. The number of imidazole rings is 2. The Bertz CT molecular complexity index is 2170. The summed E-state index contributed by atoms with van der Waals surface area (Å²) < 4.78 is 5.73. The molecule has 5 aromatic rings. The lowest BCUT2D eigenvalue weighted by molar-refractivity contribution is 0.0218. The number of Topliss-reactive ketones (excluding diaryl/α,β-unsaturated/α-hetero) is 1. The molecular formula is C43H49N5O3. The minimum Gasteiger partial charge on any atom is -0.444 e. The summed E-state index contributed by atoms with van der Waals surface area (Å²) in [4.78, 5) is 46.8. The van der Waals surface area contributed by atoms with Crippen LogP contribution in [0.5, 0.6) is 0 Å². The second-order valence-corrected chi connectivity index (χ2v) is 17.0. The smallest absolute Gasteiger partial charge is 0.410 e. The van der Waals surface area contributed by atoms with Crippen LogP contribution in [0.25, 0.3) is 44.3 Å². The zero-order chi connectivity index (χ0) is 35.1. The number of ketones is 1. The van der Waals surface area contributed by atoms with Crippen molar-refractivity contribution in [1.29, 1.82) is 0 Å². The Kier molecular flexibility index (Phi) is 7.67. The minimum atomic E-state index is -0.553. The van der Waals surface area contributed by atoms with E-state index in [0.29, 0.717) is 24.2 Å². The number of hydrogen-bond acceptors (Lipinski definition) is 5. The van der Waals surface area contributed by atoms with Crippen molar-refractivity contribution < 1.29 is 14.3 Å². The molecule has 3 aliphatic carbocycles. The number of hydrogen-bond donors (Lipinski definition) is 2. The number of aromatic amines is 2. The fourth-order valence-corrected chi connectivity index (χ4v) is 9.54. The molecule has 264 valence electrons. The maximum atomic E-state index is 14.8. The molecule has 4 aliphatic rings. The van der Waals surface area contributed by atoms with Crippen molar-refractivity contribution in [1.82, 2.24) is 24.8 Å². The number of rotatable bonds is 4. The van der Waals surface area contributed by atoms with Crippen LogP contribution in [0.15, 0.2) is 48.5 Å². The van der Waals surface area contributed by atoms with Gasteiger partial charge in [-0.15, -0.1) is 0 Å². The maximum absolute atomic E-state index is 14.8. The number of likely N-dealkylation sites (tertiary alicyclic amines) is 1. The van der Waals surface area contributed by atoms with Crippen LogP contribution in [0.4, 0.5) is 4.79 Å². The average molecular weight is 684 g/mol. The fraction of sp³-hybridized carbons (Fsp3) is 0.488. The molecule has 3 heterocycles. The molecule has 1 amide bonds. The monoisotopic (exact) mass is 683 g/mol. The summed E-state index contributed by atoms with van der Waals surface area (Å²) in [6.07, 6.45) is 11.3. The van der Waals surface area contributed by atoms with E-state index in [4.69, 9.17) is 14.7 Å². The molecule has 1 atom stereocenters. The van der Waals surface area contributed by atoms with Gasteiger partial charge in [0.2, 0.25) is 0 Å². The molecule has 1 aliphatic heterocycles. The Balaban J connectivity index is 1.10. The van der Waals surface area contributed by atoms with Gasteiger partial charge in [-0.2, -0.15) is 0 Å². The highest BCUT2D eigenvalue weighted by atomic mass is 16.6. The third-order valence-electron chi connectivity index (χ3n) is 12.3. The van der Waals surface area contributed by atoms with E-state index < -0.39 is 5.60 Å². The summed E-state index contributed by atoms with van der Waals surface area (Å²) in [5, 5.41) is 0. The second-order valence-electron chi connectivity index (χ2n) is 17.0. The highest BCUT2D eigenvalue weighted by Crippen LogP contribution is 2.53. The molecule has 8 nitrogen and oxygen atoms in total. The van der Waals surface area contributed by atoms with E-state index in [1.807, 2.05) is 25.7 Å². The molecule has 9 rings (SSSR count). The molecule has 8 heteroatoms. The Morgan fingerprint density at radius 2 is 1.45 bits per heavy atom. The molecule has 0 unspecified atom stereocenters. The van der Waals surface area contributed by atoms with Crippen molar-refractivity contribution >= 4 is 33.9 Å². The molecular weight excluding hydrogens is 635 g/mol. The molecule has 51 heavy (non-hydrogen) atoms. The zero-order valence-corrected chi connectivity index (χ0v) is 30.4. The summed E-state index contributed by atoms with van der Waals surface area (Å²) in [6.45, 7) is 8.68. The predicted octanol–water partition coefficient (Wildman–Crippen LogP) is 10.4. The first-order valence-corrected chi connectivity index (χ1v) is 19.3. The van der Waals surface area contributed by atoms with Crippen LogP contribution in [-0.4, -0.2) is 48.9 Å². The van der Waals surface area contributed by atoms with E-state index in [1.165, 1.54) is 31.2 Å². The number of benzene rings is 3. The lowest BCUT2D eigenvalue weighted by Crippen LogP contribution is -2.36. The first kappa shape index (κ1) is 32.4. The van der Waals surface area contributed by atoms with Gasteiger partial charge in [-0.1, -0.05) is 44.0 Å². The van der Waals surface area contributed by atoms with Crippen LogP contribution in [0.2, 0.25) is 0 Å². The largest absolute Gasteiger partial charge is 0.444 e. The first-order chi connectivity index (χ1) is 24.5. The van der Waals surface area contributed by atoms with Crippen molar-refractivity contribution in [3.05, 3.63) is 71.3 Å². The number of carbonyl (C=O) groups is 2. The number of fused-ring (bicyclic) bond motifs is 3. The van der Waals surface area contributed by atoms with Crippen LogP contribution in [0, 0.1) is 11.3 Å². The van der Waals surface area contributed by atoms with Gasteiger partial charge in [-0.05, 0) is 137 Å².